The molecule has 272 valence electrons. The highest BCUT2D eigenvalue weighted by Crippen LogP contribution is 2.25. The van der Waals surface area contributed by atoms with Gasteiger partial charge < -0.3 is 52.6 Å². The molecule has 0 N–H and O–H groups in total. The minimum atomic E-state index is 0.277. The van der Waals surface area contributed by atoms with Gasteiger partial charge in [0.1, 0.15) is 18.5 Å². The van der Waals surface area contributed by atoms with E-state index in [-0.39, 0.29) is 6.10 Å². The molecule has 11 nitrogen and oxygen atoms in total. The first-order valence-corrected chi connectivity index (χ1v) is 17.4. The van der Waals surface area contributed by atoms with Gasteiger partial charge in [-0.25, -0.2) is 0 Å². The van der Waals surface area contributed by atoms with E-state index in [0.29, 0.717) is 45.1 Å². The summed E-state index contributed by atoms with van der Waals surface area (Å²) in [5.41, 5.74) is 5.86. The molecule has 4 aliphatic rings. The minimum absolute atomic E-state index is 0.277. The van der Waals surface area contributed by atoms with Crippen LogP contribution >= 0.6 is 0 Å². The molecule has 4 saturated heterocycles. The molecule has 4 unspecified atom stereocenters. The molecule has 0 aliphatic carbocycles. The maximum atomic E-state index is 5.62. The summed E-state index contributed by atoms with van der Waals surface area (Å²) in [5, 5.41) is 0. The monoisotopic (exact) mass is 699 g/mol. The van der Waals surface area contributed by atoms with Gasteiger partial charge in [-0.2, -0.15) is 0 Å². The zero-order valence-corrected chi connectivity index (χ0v) is 29.2. The van der Waals surface area contributed by atoms with Crippen LogP contribution in [0.15, 0.2) is 111 Å². The van der Waals surface area contributed by atoms with Gasteiger partial charge in [-0.05, 0) is 66.1 Å². The largest absolute Gasteiger partial charge is 0.491 e. The molecule has 4 heterocycles. The lowest BCUT2D eigenvalue weighted by Gasteiger charge is -2.24. The van der Waals surface area contributed by atoms with E-state index >= 15 is 0 Å². The first-order chi connectivity index (χ1) is 25.1. The van der Waals surface area contributed by atoms with Crippen LogP contribution in [0.1, 0.15) is 11.1 Å². The highest BCUT2D eigenvalue weighted by atomic mass is 16.6. The van der Waals surface area contributed by atoms with Gasteiger partial charge in [0.2, 0.25) is 0 Å². The van der Waals surface area contributed by atoms with E-state index in [0.717, 1.165) is 69.6 Å². The summed E-state index contributed by atoms with van der Waals surface area (Å²) in [5.74, 6) is 0.858. The molecule has 4 atom stereocenters. The van der Waals surface area contributed by atoms with Crippen molar-refractivity contribution in [1.82, 2.24) is 0 Å². The standard InChI is InChI=1S/C25H30N2O4.C15H19NO4/c1-3-28-18-27(19-29-4-2)23-11-7-21(8-12-23)13-20-5-9-22(10-6-20)26(14-24-16-30-24)15-25-17-31-25;1-2-17-11-16(7-14-8-19-14)12-3-5-13(6-4-12)18-9-15-10-20-15/h3-12,24-25H,1-2,13-19H2;2-6,14-15H,1,7-11H2. The number of hydrogen-bond donors (Lipinski definition) is 0. The van der Waals surface area contributed by atoms with Crippen molar-refractivity contribution in [3.05, 3.63) is 122 Å². The van der Waals surface area contributed by atoms with Crippen molar-refractivity contribution in [3.63, 3.8) is 0 Å². The van der Waals surface area contributed by atoms with E-state index in [4.69, 9.17) is 37.9 Å². The average molecular weight is 700 g/mol. The van der Waals surface area contributed by atoms with Crippen molar-refractivity contribution >= 4 is 17.1 Å². The Balaban J connectivity index is 0.000000193. The van der Waals surface area contributed by atoms with Crippen molar-refractivity contribution in [2.24, 2.45) is 0 Å². The fourth-order valence-electron chi connectivity index (χ4n) is 5.38. The van der Waals surface area contributed by atoms with Crippen LogP contribution in [0.5, 0.6) is 5.75 Å². The second-order valence-corrected chi connectivity index (χ2v) is 12.7. The first kappa shape index (κ1) is 36.1. The third kappa shape index (κ3) is 12.6. The molecule has 11 heteroatoms. The van der Waals surface area contributed by atoms with Gasteiger partial charge in [0, 0.05) is 36.7 Å². The molecule has 7 rings (SSSR count). The predicted molar refractivity (Wildman–Crippen MR) is 197 cm³/mol. The zero-order valence-electron chi connectivity index (χ0n) is 29.2. The Morgan fingerprint density at radius 2 is 0.882 bits per heavy atom. The molecule has 3 aromatic carbocycles. The Hall–Kier alpha value is -4.68. The van der Waals surface area contributed by atoms with Crippen LogP contribution in [-0.4, -0.2) is 97.3 Å². The van der Waals surface area contributed by atoms with Crippen molar-refractivity contribution < 1.29 is 37.9 Å². The normalized spacial score (nSPS) is 20.4. The van der Waals surface area contributed by atoms with E-state index in [1.807, 2.05) is 29.2 Å². The predicted octanol–water partition coefficient (Wildman–Crippen LogP) is 5.71. The fourth-order valence-corrected chi connectivity index (χ4v) is 5.38. The van der Waals surface area contributed by atoms with Crippen LogP contribution in [0.4, 0.5) is 17.1 Å². The van der Waals surface area contributed by atoms with Gasteiger partial charge in [0.25, 0.3) is 0 Å². The van der Waals surface area contributed by atoms with E-state index in [9.17, 15) is 0 Å². The van der Waals surface area contributed by atoms with E-state index < -0.39 is 0 Å². The maximum Gasteiger partial charge on any atom is 0.163 e. The van der Waals surface area contributed by atoms with Crippen LogP contribution in [-0.2, 0) is 39.6 Å². The Morgan fingerprint density at radius 3 is 1.31 bits per heavy atom. The smallest absolute Gasteiger partial charge is 0.163 e. The van der Waals surface area contributed by atoms with E-state index in [2.05, 4.69) is 78.1 Å². The third-order valence-electron chi connectivity index (χ3n) is 8.58. The molecule has 3 aromatic rings. The average Bonchev–Trinajstić information content (AvgIpc) is 3.96. The lowest BCUT2D eigenvalue weighted by molar-refractivity contribution is 0.187. The summed E-state index contributed by atoms with van der Waals surface area (Å²) in [4.78, 5) is 6.45. The molecule has 0 aromatic heterocycles. The summed E-state index contributed by atoms with van der Waals surface area (Å²) in [7, 11) is 0. The molecule has 0 amide bonds. The molecule has 0 spiro atoms. The van der Waals surface area contributed by atoms with Crippen molar-refractivity contribution in [2.75, 3.05) is 87.6 Å². The number of hydrogen-bond acceptors (Lipinski definition) is 11. The van der Waals surface area contributed by atoms with Gasteiger partial charge in [-0.15, -0.1) is 0 Å². The SMILES string of the molecule is C=COCN(CC1CO1)c1ccc(OCC2CO2)cc1.C=COCN(COC=C)c1ccc(Cc2ccc(N(CC3CO3)CC3CO3)cc2)cc1. The molecule has 4 fully saturated rings. The molecular formula is C40H49N3O8. The maximum absolute atomic E-state index is 5.62. The molecule has 0 radical (unpaired) electrons. The Morgan fingerprint density at radius 1 is 0.510 bits per heavy atom. The Bertz CT molecular complexity index is 1480. The quantitative estimate of drug-likeness (QED) is 0.0692. The van der Waals surface area contributed by atoms with Crippen LogP contribution in [0.2, 0.25) is 0 Å². The Labute approximate surface area is 301 Å². The van der Waals surface area contributed by atoms with Crippen LogP contribution < -0.4 is 19.4 Å². The highest BCUT2D eigenvalue weighted by Gasteiger charge is 2.31. The second-order valence-electron chi connectivity index (χ2n) is 12.7. The third-order valence-corrected chi connectivity index (χ3v) is 8.58. The van der Waals surface area contributed by atoms with Crippen molar-refractivity contribution in [1.29, 1.82) is 0 Å². The lowest BCUT2D eigenvalue weighted by Crippen LogP contribution is -2.31. The van der Waals surface area contributed by atoms with Crippen LogP contribution in [0.3, 0.4) is 0 Å². The van der Waals surface area contributed by atoms with Crippen LogP contribution in [0.25, 0.3) is 0 Å². The summed E-state index contributed by atoms with van der Waals surface area (Å²) >= 11 is 0. The van der Waals surface area contributed by atoms with Gasteiger partial charge in [-0.3, -0.25) is 0 Å². The summed E-state index contributed by atoms with van der Waals surface area (Å²) < 4.78 is 42.8. The second kappa shape index (κ2) is 18.5. The first-order valence-electron chi connectivity index (χ1n) is 17.4. The highest BCUT2D eigenvalue weighted by molar-refractivity contribution is 5.51. The Kier molecular flexibility index (Phi) is 13.1. The van der Waals surface area contributed by atoms with Gasteiger partial charge >= 0.3 is 0 Å². The minimum Gasteiger partial charge on any atom is -0.491 e. The summed E-state index contributed by atoms with van der Waals surface area (Å²) in [6.07, 6.45) is 6.50. The molecule has 51 heavy (non-hydrogen) atoms. The number of benzene rings is 3. The summed E-state index contributed by atoms with van der Waals surface area (Å²) in [6, 6.07) is 25.2. The molecule has 0 bridgehead atoms. The number of rotatable bonds is 23. The van der Waals surface area contributed by atoms with E-state index in [1.165, 1.54) is 35.6 Å². The fraction of sp³-hybridized carbons (Fsp3) is 0.400. The number of ether oxygens (including phenoxy) is 8. The van der Waals surface area contributed by atoms with Crippen LogP contribution in [0, 0.1) is 0 Å². The van der Waals surface area contributed by atoms with Crippen molar-refractivity contribution in [2.45, 2.75) is 30.8 Å². The zero-order chi connectivity index (χ0) is 35.3. The molecule has 0 saturated carbocycles. The number of epoxide rings is 4. The summed E-state index contributed by atoms with van der Waals surface area (Å²) in [6.45, 7) is 18.7. The lowest BCUT2D eigenvalue weighted by atomic mass is 10.0. The van der Waals surface area contributed by atoms with Crippen molar-refractivity contribution in [3.8, 4) is 5.75 Å². The number of anilines is 3. The van der Waals surface area contributed by atoms with E-state index in [1.54, 1.807) is 0 Å². The number of nitrogens with zero attached hydrogens (tertiary/aromatic N) is 3. The van der Waals surface area contributed by atoms with Gasteiger partial charge in [-0.1, -0.05) is 44.0 Å². The van der Waals surface area contributed by atoms with Gasteiger partial charge in [0.05, 0.1) is 63.5 Å². The molecular weight excluding hydrogens is 650 g/mol. The topological polar surface area (TPSA) is 96.8 Å². The molecule has 4 aliphatic heterocycles. The van der Waals surface area contributed by atoms with Gasteiger partial charge in [0.15, 0.2) is 20.2 Å².